The van der Waals surface area contributed by atoms with Crippen LogP contribution in [0.5, 0.6) is 0 Å². The van der Waals surface area contributed by atoms with Crippen LogP contribution in [0.2, 0.25) is 0 Å². The Morgan fingerprint density at radius 1 is 1.57 bits per heavy atom. The number of anilines is 1. The van der Waals surface area contributed by atoms with Crippen molar-refractivity contribution < 1.29 is 9.72 Å². The number of rotatable bonds is 5. The van der Waals surface area contributed by atoms with Gasteiger partial charge in [0.25, 0.3) is 0 Å². The van der Waals surface area contributed by atoms with Crippen molar-refractivity contribution in [3.05, 3.63) is 32.9 Å². The van der Waals surface area contributed by atoms with E-state index in [1.54, 1.807) is 20.0 Å². The van der Waals surface area contributed by atoms with Gasteiger partial charge in [-0.05, 0) is 18.8 Å². The highest BCUT2D eigenvalue weighted by molar-refractivity contribution is 7.15. The van der Waals surface area contributed by atoms with Gasteiger partial charge in [-0.3, -0.25) is 4.79 Å². The lowest BCUT2D eigenvalue weighted by molar-refractivity contribution is -0.389. The quantitative estimate of drug-likeness (QED) is 0.673. The Hall–Kier alpha value is -2.29. The highest BCUT2D eigenvalue weighted by atomic mass is 32.1. The Morgan fingerprint density at radius 2 is 2.29 bits per heavy atom. The second-order valence-corrected chi connectivity index (χ2v) is 5.98. The lowest BCUT2D eigenvalue weighted by atomic mass is 10.1. The Labute approximate surface area is 125 Å². The van der Waals surface area contributed by atoms with Gasteiger partial charge in [0.1, 0.15) is 0 Å². The van der Waals surface area contributed by atoms with E-state index >= 15 is 0 Å². The molecule has 2 heterocycles. The SMILES string of the molecule is Cc1cnc(NC(=O)[C@H](C)Cn2nc([N+](=O)[O-])cc2C)s1. The van der Waals surface area contributed by atoms with Gasteiger partial charge in [-0.15, -0.1) is 11.3 Å². The number of hydrogen-bond donors (Lipinski definition) is 1. The van der Waals surface area contributed by atoms with Crippen LogP contribution in [0.3, 0.4) is 0 Å². The molecule has 2 rings (SSSR count). The molecule has 1 amide bonds. The summed E-state index contributed by atoms with van der Waals surface area (Å²) in [5.41, 5.74) is 0.645. The molecule has 8 nitrogen and oxygen atoms in total. The summed E-state index contributed by atoms with van der Waals surface area (Å²) in [6, 6.07) is 1.38. The van der Waals surface area contributed by atoms with Crippen LogP contribution in [0.15, 0.2) is 12.3 Å². The molecule has 0 bridgehead atoms. The third kappa shape index (κ3) is 3.63. The fourth-order valence-electron chi connectivity index (χ4n) is 1.75. The Kier molecular flexibility index (Phi) is 4.32. The average Bonchev–Trinajstić information content (AvgIpc) is 2.96. The topological polar surface area (TPSA) is 103 Å². The average molecular weight is 309 g/mol. The molecule has 0 aromatic carbocycles. The van der Waals surface area contributed by atoms with Gasteiger partial charge in [0.2, 0.25) is 5.91 Å². The van der Waals surface area contributed by atoms with Crippen LogP contribution < -0.4 is 5.32 Å². The van der Waals surface area contributed by atoms with Crippen molar-refractivity contribution in [3.8, 4) is 0 Å². The lowest BCUT2D eigenvalue weighted by Gasteiger charge is -2.09. The standard InChI is InChI=1S/C12H15N5O3S/c1-7(11(18)14-12-13-5-9(3)21-12)6-16-8(2)4-10(15-16)17(19)20/h4-5,7H,6H2,1-3H3,(H,13,14,18)/t7-/m1/s1. The molecule has 21 heavy (non-hydrogen) atoms. The number of nitrogens with zero attached hydrogens (tertiary/aromatic N) is 4. The second-order valence-electron chi connectivity index (χ2n) is 4.75. The first kappa shape index (κ1) is 15.1. The molecule has 0 unspecified atom stereocenters. The number of thiazole rings is 1. The van der Waals surface area contributed by atoms with Gasteiger partial charge in [-0.25, -0.2) is 4.98 Å². The zero-order valence-electron chi connectivity index (χ0n) is 11.9. The third-order valence-electron chi connectivity index (χ3n) is 2.90. The number of hydrogen-bond acceptors (Lipinski definition) is 6. The maximum absolute atomic E-state index is 12.1. The Bertz CT molecular complexity index is 678. The summed E-state index contributed by atoms with van der Waals surface area (Å²) in [6.07, 6.45) is 1.69. The molecule has 2 aromatic rings. The van der Waals surface area contributed by atoms with Crippen molar-refractivity contribution in [2.24, 2.45) is 5.92 Å². The third-order valence-corrected chi connectivity index (χ3v) is 3.73. The molecular weight excluding hydrogens is 294 g/mol. The van der Waals surface area contributed by atoms with Crippen LogP contribution >= 0.6 is 11.3 Å². The van der Waals surface area contributed by atoms with Crippen molar-refractivity contribution in [2.45, 2.75) is 27.3 Å². The molecule has 0 spiro atoms. The minimum absolute atomic E-state index is 0.193. The lowest BCUT2D eigenvalue weighted by Crippen LogP contribution is -2.25. The molecule has 2 aromatic heterocycles. The van der Waals surface area contributed by atoms with Crippen LogP contribution in [0.25, 0.3) is 0 Å². The van der Waals surface area contributed by atoms with E-state index < -0.39 is 4.92 Å². The van der Waals surface area contributed by atoms with Crippen LogP contribution in [0.4, 0.5) is 10.9 Å². The number of aryl methyl sites for hydroxylation is 2. The molecule has 0 aliphatic rings. The molecule has 0 fully saturated rings. The summed E-state index contributed by atoms with van der Waals surface area (Å²) in [5.74, 6) is -0.787. The monoisotopic (exact) mass is 309 g/mol. The van der Waals surface area contributed by atoms with Gasteiger partial charge < -0.3 is 15.4 Å². The van der Waals surface area contributed by atoms with E-state index in [1.165, 1.54) is 22.1 Å². The largest absolute Gasteiger partial charge is 0.390 e. The highest BCUT2D eigenvalue weighted by Gasteiger charge is 2.21. The Balaban J connectivity index is 2.02. The smallest absolute Gasteiger partial charge is 0.358 e. The molecule has 0 saturated heterocycles. The van der Waals surface area contributed by atoms with Crippen molar-refractivity contribution in [1.82, 2.24) is 14.8 Å². The van der Waals surface area contributed by atoms with Gasteiger partial charge in [-0.1, -0.05) is 6.92 Å². The van der Waals surface area contributed by atoms with E-state index in [0.717, 1.165) is 4.88 Å². The van der Waals surface area contributed by atoms with Crippen LogP contribution in [0, 0.1) is 29.9 Å². The minimum Gasteiger partial charge on any atom is -0.358 e. The molecule has 0 aliphatic heterocycles. The fourth-order valence-corrected chi connectivity index (χ4v) is 2.42. The first-order valence-electron chi connectivity index (χ1n) is 6.29. The molecule has 9 heteroatoms. The fraction of sp³-hybridized carbons (Fsp3) is 0.417. The summed E-state index contributed by atoms with van der Waals surface area (Å²) >= 11 is 1.40. The minimum atomic E-state index is -0.549. The first-order valence-corrected chi connectivity index (χ1v) is 7.10. The van der Waals surface area contributed by atoms with Gasteiger partial charge >= 0.3 is 5.82 Å². The molecule has 0 aliphatic carbocycles. The van der Waals surface area contributed by atoms with E-state index in [0.29, 0.717) is 10.8 Å². The van der Waals surface area contributed by atoms with Crippen molar-refractivity contribution >= 4 is 28.2 Å². The number of amides is 1. The number of aromatic nitrogens is 3. The summed E-state index contributed by atoms with van der Waals surface area (Å²) in [6.45, 7) is 5.64. The molecule has 0 radical (unpaired) electrons. The first-order chi connectivity index (χ1) is 9.86. The summed E-state index contributed by atoms with van der Waals surface area (Å²) in [5, 5.41) is 17.8. The van der Waals surface area contributed by atoms with Crippen molar-refractivity contribution in [2.75, 3.05) is 5.32 Å². The van der Waals surface area contributed by atoms with E-state index in [9.17, 15) is 14.9 Å². The zero-order chi connectivity index (χ0) is 15.6. The normalized spacial score (nSPS) is 12.1. The van der Waals surface area contributed by atoms with Gasteiger partial charge in [0, 0.05) is 11.1 Å². The number of nitrogens with one attached hydrogen (secondary N) is 1. The molecule has 0 saturated carbocycles. The Morgan fingerprint density at radius 3 is 2.81 bits per heavy atom. The molecule has 1 N–H and O–H groups in total. The summed E-state index contributed by atoms with van der Waals surface area (Å²) in [4.78, 5) is 27.3. The second kappa shape index (κ2) is 6.00. The molecule has 112 valence electrons. The maximum atomic E-state index is 12.1. The van der Waals surface area contributed by atoms with E-state index in [1.807, 2.05) is 6.92 Å². The zero-order valence-corrected chi connectivity index (χ0v) is 12.7. The highest BCUT2D eigenvalue weighted by Crippen LogP contribution is 2.18. The van der Waals surface area contributed by atoms with E-state index in [2.05, 4.69) is 15.4 Å². The molecular formula is C12H15N5O3S. The van der Waals surface area contributed by atoms with Crippen LogP contribution in [-0.4, -0.2) is 25.6 Å². The maximum Gasteiger partial charge on any atom is 0.390 e. The van der Waals surface area contributed by atoms with Crippen molar-refractivity contribution in [1.29, 1.82) is 0 Å². The van der Waals surface area contributed by atoms with Crippen molar-refractivity contribution in [3.63, 3.8) is 0 Å². The number of carbonyl (C=O) groups is 1. The number of nitro groups is 1. The predicted molar refractivity (Wildman–Crippen MR) is 78.3 cm³/mol. The van der Waals surface area contributed by atoms with Crippen LogP contribution in [0.1, 0.15) is 17.5 Å². The van der Waals surface area contributed by atoms with E-state index in [4.69, 9.17) is 0 Å². The molecule has 1 atom stereocenters. The van der Waals surface area contributed by atoms with Gasteiger partial charge in [0.15, 0.2) is 5.13 Å². The van der Waals surface area contributed by atoms with E-state index in [-0.39, 0.29) is 24.2 Å². The van der Waals surface area contributed by atoms with Gasteiger partial charge in [-0.2, -0.15) is 4.68 Å². The summed E-state index contributed by atoms with van der Waals surface area (Å²) in [7, 11) is 0. The van der Waals surface area contributed by atoms with Gasteiger partial charge in [0.05, 0.1) is 29.3 Å². The van der Waals surface area contributed by atoms with Crippen LogP contribution in [-0.2, 0) is 11.3 Å². The summed E-state index contributed by atoms with van der Waals surface area (Å²) < 4.78 is 1.47. The predicted octanol–water partition coefficient (Wildman–Crippen LogP) is 2.14. The number of carbonyl (C=O) groups excluding carboxylic acids is 1.